The molecule has 5 nitrogen and oxygen atoms in total. The van der Waals surface area contributed by atoms with Crippen LogP contribution in [0.5, 0.6) is 0 Å². The average Bonchev–Trinajstić information content (AvgIpc) is 2.73. The minimum atomic E-state index is -1.10. The molecule has 27 heavy (non-hydrogen) atoms. The number of alkyl halides is 1. The Morgan fingerprint density at radius 1 is 0.889 bits per heavy atom. The van der Waals surface area contributed by atoms with Crippen LogP contribution in [-0.2, 0) is 32.2 Å². The van der Waals surface area contributed by atoms with Crippen LogP contribution in [0.3, 0.4) is 0 Å². The molecule has 0 bridgehead atoms. The first-order valence-electron chi connectivity index (χ1n) is 8.96. The lowest BCUT2D eigenvalue weighted by Gasteiger charge is -2.43. The van der Waals surface area contributed by atoms with Crippen molar-refractivity contribution in [1.82, 2.24) is 0 Å². The van der Waals surface area contributed by atoms with Gasteiger partial charge in [0.2, 0.25) is 0 Å². The summed E-state index contributed by atoms with van der Waals surface area (Å²) in [6.07, 6.45) is -4.50. The Balaban J connectivity index is 1.73. The van der Waals surface area contributed by atoms with Gasteiger partial charge in [0.05, 0.1) is 13.2 Å². The molecule has 0 aliphatic carbocycles. The van der Waals surface area contributed by atoms with E-state index in [4.69, 9.17) is 18.9 Å². The maximum atomic E-state index is 13.6. The number of aliphatic hydroxyl groups is 1. The second-order valence-corrected chi connectivity index (χ2v) is 6.45. The molecule has 1 saturated heterocycles. The maximum Gasteiger partial charge on any atom is 0.186 e. The summed E-state index contributed by atoms with van der Waals surface area (Å²) in [5, 5.41) is 10.6. The lowest BCUT2D eigenvalue weighted by molar-refractivity contribution is -0.308. The van der Waals surface area contributed by atoms with Crippen LogP contribution >= 0.6 is 0 Å². The molecule has 0 saturated carbocycles. The number of aliphatic hydroxyl groups excluding tert-OH is 1. The Morgan fingerprint density at radius 3 is 1.89 bits per heavy atom. The van der Waals surface area contributed by atoms with E-state index in [1.165, 1.54) is 7.11 Å². The van der Waals surface area contributed by atoms with Gasteiger partial charge in [-0.25, -0.2) is 4.39 Å². The predicted octanol–water partition coefficient (Wildman–Crippen LogP) is 2.86. The summed E-state index contributed by atoms with van der Waals surface area (Å²) in [4.78, 5) is 0. The van der Waals surface area contributed by atoms with E-state index in [0.717, 1.165) is 11.1 Å². The molecule has 0 spiro atoms. The zero-order valence-electron chi connectivity index (χ0n) is 15.2. The number of hydrogen-bond donors (Lipinski definition) is 1. The smallest absolute Gasteiger partial charge is 0.186 e. The molecule has 146 valence electrons. The molecule has 1 N–H and O–H groups in total. The van der Waals surface area contributed by atoms with Gasteiger partial charge in [-0.3, -0.25) is 0 Å². The van der Waals surface area contributed by atoms with Crippen molar-refractivity contribution in [3.8, 4) is 0 Å². The number of halogens is 1. The third-order valence-corrected chi connectivity index (χ3v) is 4.57. The first kappa shape index (κ1) is 19.9. The van der Waals surface area contributed by atoms with Gasteiger partial charge in [-0.15, -0.1) is 0 Å². The van der Waals surface area contributed by atoms with Crippen LogP contribution < -0.4 is 0 Å². The van der Waals surface area contributed by atoms with Crippen molar-refractivity contribution < 1.29 is 28.4 Å². The summed E-state index contributed by atoms with van der Waals surface area (Å²) >= 11 is 0. The van der Waals surface area contributed by atoms with Gasteiger partial charge in [-0.2, -0.15) is 0 Å². The van der Waals surface area contributed by atoms with E-state index in [1.807, 2.05) is 60.7 Å². The fourth-order valence-electron chi connectivity index (χ4n) is 3.14. The predicted molar refractivity (Wildman–Crippen MR) is 97.7 cm³/mol. The van der Waals surface area contributed by atoms with Crippen LogP contribution in [0.25, 0.3) is 0 Å². The molecular formula is C21H25FO5. The molecule has 1 aliphatic rings. The van der Waals surface area contributed by atoms with Crippen molar-refractivity contribution in [2.45, 2.75) is 43.9 Å². The average molecular weight is 376 g/mol. The lowest BCUT2D eigenvalue weighted by atomic mass is 9.98. The van der Waals surface area contributed by atoms with E-state index in [0.29, 0.717) is 0 Å². The number of methoxy groups -OCH3 is 1. The molecule has 2 aromatic rings. The zero-order chi connectivity index (χ0) is 19.1. The zero-order valence-corrected chi connectivity index (χ0v) is 15.2. The quantitative estimate of drug-likeness (QED) is 0.768. The maximum absolute atomic E-state index is 13.6. The van der Waals surface area contributed by atoms with Gasteiger partial charge in [-0.05, 0) is 11.1 Å². The van der Waals surface area contributed by atoms with E-state index in [1.54, 1.807) is 0 Å². The molecule has 3 rings (SSSR count). The van der Waals surface area contributed by atoms with Crippen molar-refractivity contribution in [2.24, 2.45) is 0 Å². The van der Waals surface area contributed by atoms with Crippen LogP contribution in [0.2, 0.25) is 0 Å². The second kappa shape index (κ2) is 9.92. The summed E-state index contributed by atoms with van der Waals surface area (Å²) in [5.74, 6) is 0. The first-order valence-corrected chi connectivity index (χ1v) is 8.96. The topological polar surface area (TPSA) is 57.2 Å². The van der Waals surface area contributed by atoms with Gasteiger partial charge in [0.25, 0.3) is 0 Å². The fraction of sp³-hybridized carbons (Fsp3) is 0.429. The molecule has 2 aromatic carbocycles. The molecule has 1 fully saturated rings. The van der Waals surface area contributed by atoms with Crippen molar-refractivity contribution in [3.05, 3.63) is 71.8 Å². The summed E-state index contributed by atoms with van der Waals surface area (Å²) < 4.78 is 36.2. The molecular weight excluding hydrogens is 351 g/mol. The van der Waals surface area contributed by atoms with Gasteiger partial charge in [-0.1, -0.05) is 60.7 Å². The van der Waals surface area contributed by atoms with Crippen LogP contribution in [0.15, 0.2) is 60.7 Å². The highest BCUT2D eigenvalue weighted by Gasteiger charge is 2.47. The minimum absolute atomic E-state index is 0.265. The Hall–Kier alpha value is -1.83. The standard InChI is InChI=1S/C21H25FO5/c1-24-21-18(23)20(26-14-16-10-6-3-7-11-16)19(17(12-22)27-21)25-13-15-8-4-2-5-9-15/h2-11,17-21,23H,12-14H2,1H3/t17-,18+,19-,20-,21+/m1/s1. The summed E-state index contributed by atoms with van der Waals surface area (Å²) in [6.45, 7) is -0.235. The molecule has 0 amide bonds. The Bertz CT molecular complexity index is 669. The van der Waals surface area contributed by atoms with E-state index >= 15 is 0 Å². The van der Waals surface area contributed by atoms with Gasteiger partial charge in [0.1, 0.15) is 31.1 Å². The highest BCUT2D eigenvalue weighted by atomic mass is 19.1. The van der Waals surface area contributed by atoms with Crippen molar-refractivity contribution in [1.29, 1.82) is 0 Å². The van der Waals surface area contributed by atoms with E-state index in [9.17, 15) is 9.50 Å². The lowest BCUT2D eigenvalue weighted by Crippen LogP contribution is -2.60. The van der Waals surface area contributed by atoms with Gasteiger partial charge >= 0.3 is 0 Å². The molecule has 5 atom stereocenters. The van der Waals surface area contributed by atoms with Crippen molar-refractivity contribution in [3.63, 3.8) is 0 Å². The fourth-order valence-corrected chi connectivity index (χ4v) is 3.14. The molecule has 1 aliphatic heterocycles. The Labute approximate surface area is 158 Å². The molecule has 0 aromatic heterocycles. The highest BCUT2D eigenvalue weighted by molar-refractivity contribution is 5.14. The van der Waals surface area contributed by atoms with E-state index in [-0.39, 0.29) is 13.2 Å². The summed E-state index contributed by atoms with van der Waals surface area (Å²) in [6, 6.07) is 19.1. The van der Waals surface area contributed by atoms with Gasteiger partial charge in [0, 0.05) is 7.11 Å². The number of hydrogen-bond acceptors (Lipinski definition) is 5. The summed E-state index contributed by atoms with van der Waals surface area (Å²) in [5.41, 5.74) is 1.89. The monoisotopic (exact) mass is 376 g/mol. The largest absolute Gasteiger partial charge is 0.385 e. The molecule has 1 heterocycles. The van der Waals surface area contributed by atoms with Gasteiger partial charge < -0.3 is 24.1 Å². The number of ether oxygens (including phenoxy) is 4. The Kier molecular flexibility index (Phi) is 7.32. The van der Waals surface area contributed by atoms with E-state index < -0.39 is 37.4 Å². The third-order valence-electron chi connectivity index (χ3n) is 4.57. The first-order chi connectivity index (χ1) is 13.2. The normalized spacial score (nSPS) is 28.2. The SMILES string of the molecule is CO[C@H]1O[C@H](CF)[C@@H](OCc2ccccc2)[C@H](OCc2ccccc2)[C@@H]1O. The number of rotatable bonds is 8. The second-order valence-electron chi connectivity index (χ2n) is 6.45. The van der Waals surface area contributed by atoms with Crippen molar-refractivity contribution >= 4 is 0 Å². The van der Waals surface area contributed by atoms with Crippen LogP contribution in [-0.4, -0.2) is 49.6 Å². The summed E-state index contributed by atoms with van der Waals surface area (Å²) in [7, 11) is 1.41. The molecule has 6 heteroatoms. The van der Waals surface area contributed by atoms with Crippen LogP contribution in [0.4, 0.5) is 4.39 Å². The Morgan fingerprint density at radius 2 is 1.41 bits per heavy atom. The van der Waals surface area contributed by atoms with E-state index in [2.05, 4.69) is 0 Å². The number of benzene rings is 2. The molecule has 0 radical (unpaired) electrons. The highest BCUT2D eigenvalue weighted by Crippen LogP contribution is 2.28. The molecule has 0 unspecified atom stereocenters. The minimum Gasteiger partial charge on any atom is -0.385 e. The van der Waals surface area contributed by atoms with Crippen LogP contribution in [0.1, 0.15) is 11.1 Å². The third kappa shape index (κ3) is 5.12. The van der Waals surface area contributed by atoms with Crippen molar-refractivity contribution in [2.75, 3.05) is 13.8 Å². The van der Waals surface area contributed by atoms with Gasteiger partial charge in [0.15, 0.2) is 6.29 Å². The van der Waals surface area contributed by atoms with Crippen LogP contribution in [0, 0.1) is 0 Å².